The Morgan fingerprint density at radius 1 is 1.27 bits per heavy atom. The number of aldehydes is 1. The molecule has 0 fully saturated rings. The number of para-hydroxylation sites is 1. The lowest BCUT2D eigenvalue weighted by molar-refractivity contribution is -0.236. The minimum absolute atomic E-state index is 0.135. The van der Waals surface area contributed by atoms with Crippen LogP contribution in [0.2, 0.25) is 0 Å². The number of ether oxygens (including phenoxy) is 1. The Hall–Kier alpha value is -1.59. The lowest BCUT2D eigenvalue weighted by Gasteiger charge is -2.14. The van der Waals surface area contributed by atoms with Crippen LogP contribution in [-0.4, -0.2) is 18.8 Å². The largest absolute Gasteiger partial charge is 0.457 e. The summed E-state index contributed by atoms with van der Waals surface area (Å²) in [4.78, 5) is 10.4. The van der Waals surface area contributed by atoms with Gasteiger partial charge in [-0.15, -0.1) is 0 Å². The average molecular weight is 222 g/mol. The lowest BCUT2D eigenvalue weighted by atomic mass is 10.2. The topological polar surface area (TPSA) is 26.3 Å². The van der Waals surface area contributed by atoms with Gasteiger partial charge < -0.3 is 4.74 Å². The van der Waals surface area contributed by atoms with Crippen molar-refractivity contribution in [1.29, 1.82) is 0 Å². The molecule has 0 saturated heterocycles. The molecule has 1 atom stereocenters. The quantitative estimate of drug-likeness (QED) is 0.580. The van der Waals surface area contributed by atoms with Crippen molar-refractivity contribution in [3.8, 4) is 5.75 Å². The van der Waals surface area contributed by atoms with Crippen LogP contribution in [-0.2, 0) is 0 Å². The Morgan fingerprint density at radius 3 is 2.40 bits per heavy atom. The van der Waals surface area contributed by atoms with Crippen molar-refractivity contribution in [2.75, 3.05) is 0 Å². The van der Waals surface area contributed by atoms with E-state index in [4.69, 9.17) is 0 Å². The van der Waals surface area contributed by atoms with Crippen molar-refractivity contribution in [1.82, 2.24) is 0 Å². The summed E-state index contributed by atoms with van der Waals surface area (Å²) in [6.07, 6.45) is -8.24. The average Bonchev–Trinajstić information content (AvgIpc) is 2.17. The monoisotopic (exact) mass is 222 g/mol. The molecule has 2 nitrogen and oxygen atoms in total. The highest BCUT2D eigenvalue weighted by Crippen LogP contribution is 2.27. The van der Waals surface area contributed by atoms with Crippen molar-refractivity contribution in [3.63, 3.8) is 0 Å². The number of carbonyl (C=O) groups excluding carboxylic acids is 1. The summed E-state index contributed by atoms with van der Waals surface area (Å²) in [6, 6.07) is 5.08. The van der Waals surface area contributed by atoms with Gasteiger partial charge in [0, 0.05) is 0 Å². The molecule has 0 aromatic heterocycles. The van der Waals surface area contributed by atoms with E-state index in [0.717, 1.165) is 6.07 Å². The van der Waals surface area contributed by atoms with Gasteiger partial charge in [-0.1, -0.05) is 12.1 Å². The Balaban J connectivity index is 2.85. The number of alkyl halides is 4. The van der Waals surface area contributed by atoms with Crippen LogP contribution in [0.5, 0.6) is 5.75 Å². The van der Waals surface area contributed by atoms with Gasteiger partial charge in [-0.25, -0.2) is 0 Å². The molecule has 15 heavy (non-hydrogen) atoms. The molecular weight excluding hydrogens is 216 g/mol. The zero-order valence-electron chi connectivity index (χ0n) is 7.29. The molecule has 0 N–H and O–H groups in total. The van der Waals surface area contributed by atoms with Gasteiger partial charge in [-0.2, -0.15) is 17.6 Å². The van der Waals surface area contributed by atoms with E-state index in [1.165, 1.54) is 18.2 Å². The molecule has 1 unspecified atom stereocenters. The molecule has 0 amide bonds. The second-order valence-electron chi connectivity index (χ2n) is 2.63. The SMILES string of the molecule is O=Cc1ccccc1OC(F)C(F)(F)F. The standard InChI is InChI=1S/C9H6F4O2/c10-8(9(11,12)13)15-7-4-2-1-3-6(7)5-14/h1-5,8H. The minimum Gasteiger partial charge on any atom is -0.451 e. The summed E-state index contributed by atoms with van der Waals surface area (Å²) in [5.74, 6) is -0.433. The Kier molecular flexibility index (Phi) is 3.28. The first-order valence-corrected chi connectivity index (χ1v) is 3.87. The number of hydrogen-bond acceptors (Lipinski definition) is 2. The lowest BCUT2D eigenvalue weighted by Crippen LogP contribution is -2.30. The number of benzene rings is 1. The predicted octanol–water partition coefficient (Wildman–Crippen LogP) is 2.74. The smallest absolute Gasteiger partial charge is 0.451 e. The van der Waals surface area contributed by atoms with E-state index in [-0.39, 0.29) is 5.56 Å². The third kappa shape index (κ3) is 2.93. The second-order valence-corrected chi connectivity index (χ2v) is 2.63. The van der Waals surface area contributed by atoms with Crippen LogP contribution in [0, 0.1) is 0 Å². The number of rotatable bonds is 3. The van der Waals surface area contributed by atoms with E-state index < -0.39 is 18.3 Å². The third-order valence-electron chi connectivity index (χ3n) is 1.53. The molecule has 0 heterocycles. The highest BCUT2D eigenvalue weighted by atomic mass is 19.4. The van der Waals surface area contributed by atoms with Crippen LogP contribution in [0.15, 0.2) is 24.3 Å². The van der Waals surface area contributed by atoms with Crippen molar-refractivity contribution in [2.24, 2.45) is 0 Å². The highest BCUT2D eigenvalue weighted by Gasteiger charge is 2.42. The molecular formula is C9H6F4O2. The number of hydrogen-bond donors (Lipinski definition) is 0. The summed E-state index contributed by atoms with van der Waals surface area (Å²) >= 11 is 0. The normalized spacial score (nSPS) is 13.3. The maximum Gasteiger partial charge on any atom is 0.457 e. The molecule has 0 spiro atoms. The van der Waals surface area contributed by atoms with Gasteiger partial charge in [0.1, 0.15) is 5.75 Å². The summed E-state index contributed by atoms with van der Waals surface area (Å²) < 4.78 is 51.8. The van der Waals surface area contributed by atoms with Crippen LogP contribution in [0.3, 0.4) is 0 Å². The molecule has 0 saturated carbocycles. The van der Waals surface area contributed by atoms with Gasteiger partial charge in [-0.05, 0) is 12.1 Å². The van der Waals surface area contributed by atoms with Gasteiger partial charge in [0.15, 0.2) is 6.29 Å². The fraction of sp³-hybridized carbons (Fsp3) is 0.222. The van der Waals surface area contributed by atoms with Crippen LogP contribution in [0.4, 0.5) is 17.6 Å². The predicted molar refractivity (Wildman–Crippen MR) is 43.4 cm³/mol. The first-order chi connectivity index (χ1) is 6.95. The molecule has 0 aliphatic heterocycles. The molecule has 1 aromatic carbocycles. The van der Waals surface area contributed by atoms with Crippen LogP contribution in [0.1, 0.15) is 10.4 Å². The van der Waals surface area contributed by atoms with E-state index in [0.29, 0.717) is 6.29 Å². The molecule has 0 aliphatic rings. The molecule has 0 bridgehead atoms. The van der Waals surface area contributed by atoms with Crippen molar-refractivity contribution in [3.05, 3.63) is 29.8 Å². The minimum atomic E-state index is -5.10. The van der Waals surface area contributed by atoms with Crippen LogP contribution < -0.4 is 4.74 Å². The van der Waals surface area contributed by atoms with Gasteiger partial charge in [0.25, 0.3) is 0 Å². The molecule has 6 heteroatoms. The Bertz CT molecular complexity index is 348. The number of carbonyl (C=O) groups is 1. The Morgan fingerprint density at radius 2 is 1.87 bits per heavy atom. The first-order valence-electron chi connectivity index (χ1n) is 3.87. The maximum atomic E-state index is 12.4. The van der Waals surface area contributed by atoms with Crippen molar-refractivity contribution < 1.29 is 27.1 Å². The molecule has 82 valence electrons. The summed E-state index contributed by atoms with van der Waals surface area (Å²) in [5, 5.41) is 0. The zero-order valence-corrected chi connectivity index (χ0v) is 7.29. The summed E-state index contributed by atoms with van der Waals surface area (Å²) in [6.45, 7) is 0. The Labute approximate surface area is 82.5 Å². The van der Waals surface area contributed by atoms with E-state index >= 15 is 0 Å². The molecule has 0 aliphatic carbocycles. The zero-order chi connectivity index (χ0) is 11.5. The van der Waals surface area contributed by atoms with Gasteiger partial charge in [-0.3, -0.25) is 4.79 Å². The van der Waals surface area contributed by atoms with Gasteiger partial charge in [0.2, 0.25) is 0 Å². The molecule has 0 radical (unpaired) electrons. The summed E-state index contributed by atoms with van der Waals surface area (Å²) in [5.41, 5.74) is -0.135. The van der Waals surface area contributed by atoms with E-state index in [1.807, 2.05) is 0 Å². The van der Waals surface area contributed by atoms with E-state index in [1.54, 1.807) is 0 Å². The van der Waals surface area contributed by atoms with Crippen LogP contribution >= 0.6 is 0 Å². The summed E-state index contributed by atoms with van der Waals surface area (Å²) in [7, 11) is 0. The highest BCUT2D eigenvalue weighted by molar-refractivity contribution is 5.79. The van der Waals surface area contributed by atoms with E-state index in [2.05, 4.69) is 4.74 Å². The second kappa shape index (κ2) is 4.29. The van der Waals surface area contributed by atoms with Gasteiger partial charge >= 0.3 is 12.5 Å². The van der Waals surface area contributed by atoms with Crippen molar-refractivity contribution >= 4 is 6.29 Å². The fourth-order valence-corrected chi connectivity index (χ4v) is 0.864. The van der Waals surface area contributed by atoms with Gasteiger partial charge in [0.05, 0.1) is 5.56 Å². The third-order valence-corrected chi connectivity index (χ3v) is 1.53. The fourth-order valence-electron chi connectivity index (χ4n) is 0.864. The van der Waals surface area contributed by atoms with E-state index in [9.17, 15) is 22.4 Å². The first kappa shape index (κ1) is 11.5. The molecule has 1 rings (SSSR count). The van der Waals surface area contributed by atoms with Crippen molar-refractivity contribution in [2.45, 2.75) is 12.5 Å². The number of halogens is 4. The maximum absolute atomic E-state index is 12.4. The molecule has 1 aromatic rings. The van der Waals surface area contributed by atoms with Crippen LogP contribution in [0.25, 0.3) is 0 Å².